The zero-order chi connectivity index (χ0) is 19.5. The van der Waals surface area contributed by atoms with Crippen molar-refractivity contribution in [2.75, 3.05) is 30.3 Å². The number of hydrogen-bond donors (Lipinski definition) is 0. The van der Waals surface area contributed by atoms with E-state index in [-0.39, 0.29) is 11.9 Å². The van der Waals surface area contributed by atoms with E-state index in [1.165, 1.54) is 30.2 Å². The SMILES string of the molecule is Cc1ccc(C(=O)CSc2nnc(N3CCCC3)n2C[C@H]2CCCO2)cc1C. The van der Waals surface area contributed by atoms with Crippen LogP contribution >= 0.6 is 11.8 Å². The summed E-state index contributed by atoms with van der Waals surface area (Å²) in [5.41, 5.74) is 3.12. The predicted molar refractivity (Wildman–Crippen MR) is 111 cm³/mol. The molecule has 2 aliphatic heterocycles. The van der Waals surface area contributed by atoms with E-state index in [4.69, 9.17) is 4.74 Å². The molecule has 0 spiro atoms. The van der Waals surface area contributed by atoms with Gasteiger partial charge in [0, 0.05) is 25.3 Å². The quantitative estimate of drug-likeness (QED) is 0.522. The second-order valence-electron chi connectivity index (χ2n) is 7.73. The Morgan fingerprint density at radius 3 is 2.71 bits per heavy atom. The predicted octanol–water partition coefficient (Wildman–Crippen LogP) is 3.65. The van der Waals surface area contributed by atoms with Gasteiger partial charge in [-0.05, 0) is 56.7 Å². The highest BCUT2D eigenvalue weighted by molar-refractivity contribution is 7.99. The van der Waals surface area contributed by atoms with Gasteiger partial charge in [0.25, 0.3) is 0 Å². The van der Waals surface area contributed by atoms with Gasteiger partial charge in [-0.1, -0.05) is 23.9 Å². The first-order valence-electron chi connectivity index (χ1n) is 10.1. The van der Waals surface area contributed by atoms with Crippen LogP contribution in [0.15, 0.2) is 23.4 Å². The highest BCUT2D eigenvalue weighted by atomic mass is 32.2. The van der Waals surface area contributed by atoms with Crippen LogP contribution in [0.25, 0.3) is 0 Å². The fourth-order valence-corrected chi connectivity index (χ4v) is 4.66. The second-order valence-corrected chi connectivity index (χ2v) is 8.68. The fourth-order valence-electron chi connectivity index (χ4n) is 3.82. The largest absolute Gasteiger partial charge is 0.376 e. The number of hydrogen-bond acceptors (Lipinski definition) is 6. The first-order valence-corrected chi connectivity index (χ1v) is 11.1. The fraction of sp³-hybridized carbons (Fsp3) is 0.571. The topological polar surface area (TPSA) is 60.2 Å². The molecule has 0 radical (unpaired) electrons. The second kappa shape index (κ2) is 8.66. The summed E-state index contributed by atoms with van der Waals surface area (Å²) in [7, 11) is 0. The minimum Gasteiger partial charge on any atom is -0.376 e. The van der Waals surface area contributed by atoms with Gasteiger partial charge in [0.1, 0.15) is 0 Å². The number of thioether (sulfide) groups is 1. The van der Waals surface area contributed by atoms with Crippen LogP contribution in [0, 0.1) is 13.8 Å². The average Bonchev–Trinajstić information content (AvgIpc) is 3.44. The Morgan fingerprint density at radius 1 is 1.18 bits per heavy atom. The number of nitrogens with zero attached hydrogens (tertiary/aromatic N) is 4. The van der Waals surface area contributed by atoms with Crippen molar-refractivity contribution in [2.45, 2.75) is 57.3 Å². The molecule has 2 aliphatic rings. The molecule has 6 nitrogen and oxygen atoms in total. The molecule has 2 saturated heterocycles. The van der Waals surface area contributed by atoms with Gasteiger partial charge in [-0.3, -0.25) is 9.36 Å². The normalized spacial score (nSPS) is 19.5. The van der Waals surface area contributed by atoms with Gasteiger partial charge in [-0.15, -0.1) is 10.2 Å². The molecule has 0 bridgehead atoms. The summed E-state index contributed by atoms with van der Waals surface area (Å²) in [6.07, 6.45) is 4.79. The standard InChI is InChI=1S/C21H28N4O2S/c1-15-7-8-17(12-16(15)2)19(26)14-28-21-23-22-20(24-9-3-4-10-24)25(21)13-18-6-5-11-27-18/h7-8,12,18H,3-6,9-11,13-14H2,1-2H3/t18-/m1/s1. The summed E-state index contributed by atoms with van der Waals surface area (Å²) < 4.78 is 8.01. The van der Waals surface area contributed by atoms with Gasteiger partial charge >= 0.3 is 0 Å². The number of ether oxygens (including phenoxy) is 1. The molecule has 1 aromatic heterocycles. The Bertz CT molecular complexity index is 839. The molecule has 0 amide bonds. The molecule has 0 unspecified atom stereocenters. The lowest BCUT2D eigenvalue weighted by Gasteiger charge is -2.20. The van der Waals surface area contributed by atoms with Crippen molar-refractivity contribution < 1.29 is 9.53 Å². The number of ketones is 1. The van der Waals surface area contributed by atoms with Gasteiger partial charge in [0.05, 0.1) is 18.4 Å². The highest BCUT2D eigenvalue weighted by Gasteiger charge is 2.25. The van der Waals surface area contributed by atoms with Crippen molar-refractivity contribution in [2.24, 2.45) is 0 Å². The molecule has 7 heteroatoms. The number of benzene rings is 1. The molecule has 3 heterocycles. The molecule has 2 aromatic rings. The van der Waals surface area contributed by atoms with Crippen LogP contribution < -0.4 is 4.90 Å². The summed E-state index contributed by atoms with van der Waals surface area (Å²) in [4.78, 5) is 15.0. The van der Waals surface area contributed by atoms with E-state index in [0.717, 1.165) is 61.3 Å². The molecule has 0 aliphatic carbocycles. The van der Waals surface area contributed by atoms with Crippen molar-refractivity contribution in [3.8, 4) is 0 Å². The van der Waals surface area contributed by atoms with Crippen LogP contribution in [0.3, 0.4) is 0 Å². The van der Waals surface area contributed by atoms with Gasteiger partial charge in [-0.2, -0.15) is 0 Å². The van der Waals surface area contributed by atoms with Crippen molar-refractivity contribution >= 4 is 23.5 Å². The van der Waals surface area contributed by atoms with Gasteiger partial charge in [0.2, 0.25) is 5.95 Å². The third-order valence-corrected chi connectivity index (χ3v) is 6.62. The molecule has 1 atom stereocenters. The Kier molecular flexibility index (Phi) is 6.01. The Hall–Kier alpha value is -1.86. The minimum atomic E-state index is 0.127. The van der Waals surface area contributed by atoms with Crippen LogP contribution in [-0.2, 0) is 11.3 Å². The van der Waals surface area contributed by atoms with Crippen LogP contribution in [0.5, 0.6) is 0 Å². The first kappa shape index (κ1) is 19.5. The Labute approximate surface area is 170 Å². The van der Waals surface area contributed by atoms with Gasteiger partial charge in [-0.25, -0.2) is 0 Å². The molecule has 0 N–H and O–H groups in total. The molecule has 4 rings (SSSR count). The molecular formula is C21H28N4O2S. The van der Waals surface area contributed by atoms with E-state index in [1.54, 1.807) is 0 Å². The lowest BCUT2D eigenvalue weighted by molar-refractivity contribution is 0.0952. The molecule has 150 valence electrons. The summed E-state index contributed by atoms with van der Waals surface area (Å²) in [5.74, 6) is 1.42. The Balaban J connectivity index is 1.49. The number of carbonyl (C=O) groups is 1. The van der Waals surface area contributed by atoms with E-state index in [1.807, 2.05) is 25.1 Å². The monoisotopic (exact) mass is 400 g/mol. The maximum absolute atomic E-state index is 12.7. The summed E-state index contributed by atoms with van der Waals surface area (Å²) >= 11 is 1.48. The van der Waals surface area contributed by atoms with E-state index in [9.17, 15) is 4.79 Å². The van der Waals surface area contributed by atoms with Crippen LogP contribution in [0.4, 0.5) is 5.95 Å². The summed E-state index contributed by atoms with van der Waals surface area (Å²) in [6.45, 7) is 7.75. The number of carbonyl (C=O) groups excluding carboxylic acids is 1. The lowest BCUT2D eigenvalue weighted by atomic mass is 10.0. The average molecular weight is 401 g/mol. The maximum Gasteiger partial charge on any atom is 0.228 e. The van der Waals surface area contributed by atoms with Crippen molar-refractivity contribution in [1.82, 2.24) is 14.8 Å². The maximum atomic E-state index is 12.7. The van der Waals surface area contributed by atoms with Gasteiger partial charge < -0.3 is 9.64 Å². The third kappa shape index (κ3) is 4.25. The van der Waals surface area contributed by atoms with E-state index in [0.29, 0.717) is 5.75 Å². The summed E-state index contributed by atoms with van der Waals surface area (Å²) in [5, 5.41) is 9.71. The molecule has 2 fully saturated rings. The van der Waals surface area contributed by atoms with E-state index < -0.39 is 0 Å². The molecule has 1 aromatic carbocycles. The third-order valence-electron chi connectivity index (χ3n) is 5.66. The molecular weight excluding hydrogens is 372 g/mol. The molecule has 28 heavy (non-hydrogen) atoms. The number of anilines is 1. The van der Waals surface area contributed by atoms with Crippen LogP contribution in [0.2, 0.25) is 0 Å². The van der Waals surface area contributed by atoms with Crippen molar-refractivity contribution in [3.05, 3.63) is 34.9 Å². The minimum absolute atomic E-state index is 0.127. The lowest BCUT2D eigenvalue weighted by Crippen LogP contribution is -2.25. The van der Waals surface area contributed by atoms with Crippen LogP contribution in [0.1, 0.15) is 47.2 Å². The smallest absolute Gasteiger partial charge is 0.228 e. The van der Waals surface area contributed by atoms with E-state index >= 15 is 0 Å². The molecule has 0 saturated carbocycles. The number of aryl methyl sites for hydroxylation is 2. The van der Waals surface area contributed by atoms with Crippen molar-refractivity contribution in [3.63, 3.8) is 0 Å². The number of Topliss-reactive ketones (excluding diaryl/α,β-unsaturated/α-hetero) is 1. The zero-order valence-corrected chi connectivity index (χ0v) is 17.5. The van der Waals surface area contributed by atoms with Crippen LogP contribution in [-0.4, -0.2) is 52.1 Å². The first-order chi connectivity index (χ1) is 13.6. The summed E-state index contributed by atoms with van der Waals surface area (Å²) in [6, 6.07) is 5.90. The van der Waals surface area contributed by atoms with E-state index in [2.05, 4.69) is 26.6 Å². The van der Waals surface area contributed by atoms with Crippen molar-refractivity contribution in [1.29, 1.82) is 0 Å². The zero-order valence-electron chi connectivity index (χ0n) is 16.7. The Morgan fingerprint density at radius 2 is 2.00 bits per heavy atom. The highest BCUT2D eigenvalue weighted by Crippen LogP contribution is 2.27. The van der Waals surface area contributed by atoms with Gasteiger partial charge in [0.15, 0.2) is 10.9 Å². The number of rotatable bonds is 7. The number of aromatic nitrogens is 3.